The van der Waals surface area contributed by atoms with Crippen molar-refractivity contribution in [3.05, 3.63) is 41.6 Å². The van der Waals surface area contributed by atoms with E-state index in [1.807, 2.05) is 30.3 Å². The Morgan fingerprint density at radius 3 is 2.64 bits per heavy atom. The maximum absolute atomic E-state index is 11.1. The number of hydrogen-bond donors (Lipinski definition) is 1. The predicted octanol–water partition coefficient (Wildman–Crippen LogP) is 1.55. The standard InChI is InChI=1S/C11H13NO2/c1-2-14-11(13)10(12)8-9-6-4-3-5-7-9/h3-8H,2,12H2,1H3/b10-8-. The fraction of sp³-hybridized carbons (Fsp3) is 0.182. The molecule has 0 saturated carbocycles. The van der Waals surface area contributed by atoms with Crippen LogP contribution in [0.1, 0.15) is 12.5 Å². The van der Waals surface area contributed by atoms with E-state index in [4.69, 9.17) is 10.5 Å². The van der Waals surface area contributed by atoms with Crippen LogP contribution in [-0.4, -0.2) is 12.6 Å². The molecule has 0 aliphatic heterocycles. The average molecular weight is 191 g/mol. The molecule has 0 aliphatic carbocycles. The predicted molar refractivity (Wildman–Crippen MR) is 55.2 cm³/mol. The molecule has 0 heterocycles. The Labute approximate surface area is 83.2 Å². The molecule has 14 heavy (non-hydrogen) atoms. The third kappa shape index (κ3) is 2.94. The number of esters is 1. The highest BCUT2D eigenvalue weighted by molar-refractivity contribution is 5.92. The van der Waals surface area contributed by atoms with E-state index in [1.165, 1.54) is 0 Å². The Kier molecular flexibility index (Phi) is 3.73. The number of carbonyl (C=O) groups is 1. The van der Waals surface area contributed by atoms with Gasteiger partial charge in [0.25, 0.3) is 0 Å². The normalized spacial score (nSPS) is 11.1. The molecule has 0 amide bonds. The molecule has 0 fully saturated rings. The molecule has 0 bridgehead atoms. The van der Waals surface area contributed by atoms with E-state index in [0.29, 0.717) is 6.61 Å². The molecule has 3 heteroatoms. The summed E-state index contributed by atoms with van der Waals surface area (Å²) in [5.74, 6) is -0.476. The molecule has 74 valence electrons. The topological polar surface area (TPSA) is 52.3 Å². The highest BCUT2D eigenvalue weighted by Gasteiger charge is 2.04. The molecule has 3 nitrogen and oxygen atoms in total. The maximum atomic E-state index is 11.1. The Hall–Kier alpha value is -1.77. The van der Waals surface area contributed by atoms with Crippen molar-refractivity contribution in [1.29, 1.82) is 0 Å². The first-order chi connectivity index (χ1) is 6.74. The molecule has 1 rings (SSSR count). The summed E-state index contributed by atoms with van der Waals surface area (Å²) in [7, 11) is 0. The van der Waals surface area contributed by atoms with E-state index < -0.39 is 5.97 Å². The van der Waals surface area contributed by atoms with E-state index >= 15 is 0 Å². The summed E-state index contributed by atoms with van der Waals surface area (Å²) in [6.45, 7) is 2.08. The molecule has 0 unspecified atom stereocenters. The van der Waals surface area contributed by atoms with Crippen LogP contribution in [0.3, 0.4) is 0 Å². The first-order valence-corrected chi connectivity index (χ1v) is 4.43. The van der Waals surface area contributed by atoms with Gasteiger partial charge < -0.3 is 10.5 Å². The van der Waals surface area contributed by atoms with Crippen molar-refractivity contribution in [2.24, 2.45) is 5.73 Å². The van der Waals surface area contributed by atoms with Crippen LogP contribution in [0.4, 0.5) is 0 Å². The second-order valence-electron chi connectivity index (χ2n) is 2.73. The highest BCUT2D eigenvalue weighted by Crippen LogP contribution is 2.03. The summed E-state index contributed by atoms with van der Waals surface area (Å²) in [6, 6.07) is 9.39. The molecule has 1 aromatic carbocycles. The highest BCUT2D eigenvalue weighted by atomic mass is 16.5. The monoisotopic (exact) mass is 191 g/mol. The van der Waals surface area contributed by atoms with Crippen LogP contribution in [0, 0.1) is 0 Å². The quantitative estimate of drug-likeness (QED) is 0.582. The lowest BCUT2D eigenvalue weighted by atomic mass is 10.2. The van der Waals surface area contributed by atoms with Crippen LogP contribution < -0.4 is 5.73 Å². The fourth-order valence-corrected chi connectivity index (χ4v) is 1.00. The summed E-state index contributed by atoms with van der Waals surface area (Å²) in [5.41, 5.74) is 6.53. The minimum atomic E-state index is -0.476. The SMILES string of the molecule is CCOC(=O)/C(N)=C/c1ccccc1. The second kappa shape index (κ2) is 5.07. The van der Waals surface area contributed by atoms with Crippen molar-refractivity contribution in [2.45, 2.75) is 6.92 Å². The van der Waals surface area contributed by atoms with Gasteiger partial charge in [-0.2, -0.15) is 0 Å². The zero-order chi connectivity index (χ0) is 10.4. The minimum absolute atomic E-state index is 0.123. The number of rotatable bonds is 3. The molecular weight excluding hydrogens is 178 g/mol. The lowest BCUT2D eigenvalue weighted by Gasteiger charge is -2.00. The van der Waals surface area contributed by atoms with Crippen molar-refractivity contribution in [2.75, 3.05) is 6.61 Å². The van der Waals surface area contributed by atoms with Crippen molar-refractivity contribution < 1.29 is 9.53 Å². The van der Waals surface area contributed by atoms with Crippen molar-refractivity contribution in [1.82, 2.24) is 0 Å². The number of nitrogens with two attached hydrogens (primary N) is 1. The van der Waals surface area contributed by atoms with Gasteiger partial charge in [-0.15, -0.1) is 0 Å². The van der Waals surface area contributed by atoms with Gasteiger partial charge in [0.1, 0.15) is 5.70 Å². The first kappa shape index (κ1) is 10.3. The number of benzene rings is 1. The molecule has 0 saturated heterocycles. The fourth-order valence-electron chi connectivity index (χ4n) is 1.00. The Morgan fingerprint density at radius 2 is 2.07 bits per heavy atom. The zero-order valence-corrected chi connectivity index (χ0v) is 8.07. The second-order valence-corrected chi connectivity index (χ2v) is 2.73. The van der Waals surface area contributed by atoms with Crippen molar-refractivity contribution in [3.63, 3.8) is 0 Å². The number of carbonyl (C=O) groups excluding carboxylic acids is 1. The molecule has 1 aromatic rings. The van der Waals surface area contributed by atoms with Gasteiger partial charge >= 0.3 is 5.97 Å². The Balaban J connectivity index is 2.74. The van der Waals surface area contributed by atoms with Gasteiger partial charge in [-0.05, 0) is 18.6 Å². The van der Waals surface area contributed by atoms with Gasteiger partial charge in [0.2, 0.25) is 0 Å². The summed E-state index contributed by atoms with van der Waals surface area (Å²) < 4.78 is 4.74. The largest absolute Gasteiger partial charge is 0.461 e. The van der Waals surface area contributed by atoms with E-state index in [2.05, 4.69) is 0 Å². The lowest BCUT2D eigenvalue weighted by Crippen LogP contribution is -2.14. The molecule has 0 aliphatic rings. The summed E-state index contributed by atoms with van der Waals surface area (Å²) >= 11 is 0. The van der Waals surface area contributed by atoms with Crippen LogP contribution in [0.25, 0.3) is 6.08 Å². The van der Waals surface area contributed by atoms with Gasteiger partial charge in [0.15, 0.2) is 0 Å². The van der Waals surface area contributed by atoms with Gasteiger partial charge in [-0.25, -0.2) is 4.79 Å². The van der Waals surface area contributed by atoms with Crippen LogP contribution in [0.2, 0.25) is 0 Å². The number of hydrogen-bond acceptors (Lipinski definition) is 3. The van der Waals surface area contributed by atoms with Gasteiger partial charge in [-0.1, -0.05) is 30.3 Å². The average Bonchev–Trinajstić information content (AvgIpc) is 2.19. The summed E-state index contributed by atoms with van der Waals surface area (Å²) in [4.78, 5) is 11.1. The summed E-state index contributed by atoms with van der Waals surface area (Å²) in [6.07, 6.45) is 1.60. The van der Waals surface area contributed by atoms with Crippen LogP contribution in [0.5, 0.6) is 0 Å². The van der Waals surface area contributed by atoms with Crippen molar-refractivity contribution >= 4 is 12.0 Å². The first-order valence-electron chi connectivity index (χ1n) is 4.43. The van der Waals surface area contributed by atoms with Gasteiger partial charge in [0.05, 0.1) is 6.61 Å². The number of ether oxygens (including phenoxy) is 1. The minimum Gasteiger partial charge on any atom is -0.461 e. The zero-order valence-electron chi connectivity index (χ0n) is 8.07. The van der Waals surface area contributed by atoms with Crippen LogP contribution in [0.15, 0.2) is 36.0 Å². The van der Waals surface area contributed by atoms with Crippen LogP contribution in [-0.2, 0) is 9.53 Å². The van der Waals surface area contributed by atoms with E-state index in [-0.39, 0.29) is 5.70 Å². The summed E-state index contributed by atoms with van der Waals surface area (Å²) in [5, 5.41) is 0. The lowest BCUT2D eigenvalue weighted by molar-refractivity contribution is -0.138. The van der Waals surface area contributed by atoms with E-state index in [1.54, 1.807) is 13.0 Å². The van der Waals surface area contributed by atoms with Crippen molar-refractivity contribution in [3.8, 4) is 0 Å². The molecule has 0 radical (unpaired) electrons. The third-order valence-corrected chi connectivity index (χ3v) is 1.63. The van der Waals surface area contributed by atoms with Gasteiger partial charge in [0, 0.05) is 0 Å². The van der Waals surface area contributed by atoms with Gasteiger partial charge in [-0.3, -0.25) is 0 Å². The Morgan fingerprint density at radius 1 is 1.43 bits per heavy atom. The molecule has 2 N–H and O–H groups in total. The molecule has 0 aromatic heterocycles. The van der Waals surface area contributed by atoms with E-state index in [9.17, 15) is 4.79 Å². The maximum Gasteiger partial charge on any atom is 0.354 e. The smallest absolute Gasteiger partial charge is 0.354 e. The molecule has 0 spiro atoms. The van der Waals surface area contributed by atoms with E-state index in [0.717, 1.165) is 5.56 Å². The molecule has 0 atom stereocenters. The Bertz CT molecular complexity index is 330. The third-order valence-electron chi connectivity index (χ3n) is 1.63. The molecular formula is C11H13NO2. The van der Waals surface area contributed by atoms with Crippen LogP contribution >= 0.6 is 0 Å².